The summed E-state index contributed by atoms with van der Waals surface area (Å²) in [5.41, 5.74) is 11.2. The summed E-state index contributed by atoms with van der Waals surface area (Å²) >= 11 is 1.18. The van der Waals surface area contributed by atoms with Crippen LogP contribution in [0, 0.1) is 0 Å². The van der Waals surface area contributed by atoms with Crippen LogP contribution in [0.2, 0.25) is 0 Å². The summed E-state index contributed by atoms with van der Waals surface area (Å²) in [6.07, 6.45) is 4.36. The van der Waals surface area contributed by atoms with E-state index in [9.17, 15) is 4.79 Å². The van der Waals surface area contributed by atoms with Gasteiger partial charge in [0.2, 0.25) is 0 Å². The predicted octanol–water partition coefficient (Wildman–Crippen LogP) is 0.902. The van der Waals surface area contributed by atoms with Gasteiger partial charge in [-0.15, -0.1) is 0 Å². The van der Waals surface area contributed by atoms with Gasteiger partial charge in [0.25, 0.3) is 11.1 Å². The van der Waals surface area contributed by atoms with Crippen LogP contribution in [-0.2, 0) is 0 Å². The fourth-order valence-electron chi connectivity index (χ4n) is 1.07. The Morgan fingerprint density at radius 2 is 2.25 bits per heavy atom. The van der Waals surface area contributed by atoms with Crippen LogP contribution in [0.4, 0.5) is 5.69 Å². The van der Waals surface area contributed by atoms with Gasteiger partial charge < -0.3 is 15.9 Å². The topological polar surface area (TPSA) is 108 Å². The number of anilines is 1. The van der Waals surface area contributed by atoms with E-state index in [4.69, 9.17) is 15.9 Å². The Kier molecular flexibility index (Phi) is 2.78. The minimum Gasteiger partial charge on any atom is -0.440 e. The van der Waals surface area contributed by atoms with Crippen molar-refractivity contribution in [1.82, 2.24) is 9.97 Å². The molecule has 0 aromatic carbocycles. The van der Waals surface area contributed by atoms with E-state index in [1.165, 1.54) is 36.5 Å². The third kappa shape index (κ3) is 2.14. The number of nitrogens with zero attached hydrogens (tertiary/aromatic N) is 2. The van der Waals surface area contributed by atoms with Crippen molar-refractivity contribution in [3.63, 3.8) is 0 Å². The average Bonchev–Trinajstić information content (AvgIpc) is 2.73. The fraction of sp³-hybridized carbons (Fsp3) is 0. The summed E-state index contributed by atoms with van der Waals surface area (Å²) in [4.78, 5) is 19.0. The molecule has 0 unspecified atom stereocenters. The monoisotopic (exact) mass is 236 g/mol. The number of primary amides is 1. The van der Waals surface area contributed by atoms with Crippen molar-refractivity contribution >= 4 is 23.4 Å². The van der Waals surface area contributed by atoms with Gasteiger partial charge in [-0.2, -0.15) is 0 Å². The highest BCUT2D eigenvalue weighted by atomic mass is 32.2. The van der Waals surface area contributed by atoms with E-state index in [1.807, 2.05) is 0 Å². The maximum atomic E-state index is 11.0. The van der Waals surface area contributed by atoms with Gasteiger partial charge in [0.1, 0.15) is 11.3 Å². The first-order valence-electron chi connectivity index (χ1n) is 4.29. The number of oxazole rings is 1. The molecule has 6 nitrogen and oxygen atoms in total. The van der Waals surface area contributed by atoms with Crippen LogP contribution in [0.5, 0.6) is 0 Å². The Morgan fingerprint density at radius 3 is 2.88 bits per heavy atom. The number of nitrogens with two attached hydrogens (primary N) is 2. The molecule has 0 saturated heterocycles. The van der Waals surface area contributed by atoms with Crippen molar-refractivity contribution in [2.24, 2.45) is 5.73 Å². The standard InChI is InChI=1S/C9H8N4O2S/c10-6-4-13-7(3-5(6)8(11)14)16-9-12-1-2-15-9/h1-4H,10H2,(H2,11,14). The number of pyridine rings is 1. The molecule has 0 saturated carbocycles. The molecule has 1 amide bonds. The van der Waals surface area contributed by atoms with Gasteiger partial charge in [0, 0.05) is 0 Å². The quantitative estimate of drug-likeness (QED) is 0.819. The van der Waals surface area contributed by atoms with Gasteiger partial charge in [0.05, 0.1) is 23.6 Å². The minimum absolute atomic E-state index is 0.240. The summed E-state index contributed by atoms with van der Waals surface area (Å²) in [7, 11) is 0. The zero-order valence-electron chi connectivity index (χ0n) is 8.08. The van der Waals surface area contributed by atoms with E-state index in [2.05, 4.69) is 9.97 Å². The molecule has 0 aliphatic carbocycles. The van der Waals surface area contributed by atoms with E-state index in [0.717, 1.165) is 0 Å². The van der Waals surface area contributed by atoms with Crippen molar-refractivity contribution in [3.8, 4) is 0 Å². The lowest BCUT2D eigenvalue weighted by Crippen LogP contribution is -2.13. The van der Waals surface area contributed by atoms with Gasteiger partial charge >= 0.3 is 0 Å². The van der Waals surface area contributed by atoms with Crippen molar-refractivity contribution < 1.29 is 9.21 Å². The van der Waals surface area contributed by atoms with Crippen LogP contribution >= 0.6 is 11.8 Å². The Morgan fingerprint density at radius 1 is 1.44 bits per heavy atom. The molecular formula is C9H8N4O2S. The molecule has 0 bridgehead atoms. The zero-order chi connectivity index (χ0) is 11.5. The van der Waals surface area contributed by atoms with Crippen molar-refractivity contribution in [2.45, 2.75) is 10.2 Å². The number of carbonyl (C=O) groups excluding carboxylic acids is 1. The Hall–Kier alpha value is -2.02. The maximum absolute atomic E-state index is 11.0. The second kappa shape index (κ2) is 4.23. The van der Waals surface area contributed by atoms with E-state index in [1.54, 1.807) is 0 Å². The Labute approximate surface area is 95.1 Å². The van der Waals surface area contributed by atoms with Crippen molar-refractivity contribution in [1.29, 1.82) is 0 Å². The summed E-state index contributed by atoms with van der Waals surface area (Å²) in [5, 5.41) is 0.984. The number of amides is 1. The first kappa shape index (κ1) is 10.5. The van der Waals surface area contributed by atoms with Gasteiger partial charge in [0.15, 0.2) is 0 Å². The highest BCUT2D eigenvalue weighted by Crippen LogP contribution is 2.26. The molecular weight excluding hydrogens is 228 g/mol. The minimum atomic E-state index is -0.589. The third-order valence-electron chi connectivity index (χ3n) is 1.78. The molecule has 0 radical (unpaired) electrons. The predicted molar refractivity (Wildman–Crippen MR) is 57.8 cm³/mol. The number of hydrogen-bond acceptors (Lipinski definition) is 6. The molecule has 2 aromatic heterocycles. The molecule has 2 aromatic rings. The van der Waals surface area contributed by atoms with Crippen LogP contribution < -0.4 is 11.5 Å². The summed E-state index contributed by atoms with van der Waals surface area (Å²) < 4.78 is 5.03. The second-order valence-corrected chi connectivity index (χ2v) is 3.85. The summed E-state index contributed by atoms with van der Waals surface area (Å²) in [5.74, 6) is -0.589. The van der Waals surface area contributed by atoms with Gasteiger partial charge in [-0.1, -0.05) is 0 Å². The SMILES string of the molecule is NC(=O)c1cc(Sc2ncco2)ncc1N. The van der Waals surface area contributed by atoms with E-state index >= 15 is 0 Å². The summed E-state index contributed by atoms with van der Waals surface area (Å²) in [6.45, 7) is 0. The molecule has 0 aliphatic rings. The second-order valence-electron chi connectivity index (χ2n) is 2.87. The third-order valence-corrected chi connectivity index (χ3v) is 2.59. The highest BCUT2D eigenvalue weighted by molar-refractivity contribution is 7.99. The number of rotatable bonds is 3. The van der Waals surface area contributed by atoms with E-state index < -0.39 is 5.91 Å². The van der Waals surface area contributed by atoms with Crippen LogP contribution in [-0.4, -0.2) is 15.9 Å². The van der Waals surface area contributed by atoms with Gasteiger partial charge in [-0.3, -0.25) is 4.79 Å². The number of carbonyl (C=O) groups is 1. The molecule has 82 valence electrons. The Bertz CT molecular complexity index is 512. The number of nitrogen functional groups attached to an aromatic ring is 1. The van der Waals surface area contributed by atoms with Crippen LogP contribution in [0.1, 0.15) is 10.4 Å². The lowest BCUT2D eigenvalue weighted by Gasteiger charge is -2.02. The van der Waals surface area contributed by atoms with Crippen LogP contribution in [0.15, 0.2) is 39.4 Å². The molecule has 0 fully saturated rings. The zero-order valence-corrected chi connectivity index (χ0v) is 8.90. The van der Waals surface area contributed by atoms with Gasteiger partial charge in [-0.05, 0) is 17.8 Å². The molecule has 16 heavy (non-hydrogen) atoms. The molecule has 4 N–H and O–H groups in total. The molecule has 0 aliphatic heterocycles. The highest BCUT2D eigenvalue weighted by Gasteiger charge is 2.10. The first-order valence-corrected chi connectivity index (χ1v) is 5.11. The lowest BCUT2D eigenvalue weighted by atomic mass is 10.2. The summed E-state index contributed by atoms with van der Waals surface area (Å²) in [6, 6.07) is 1.51. The average molecular weight is 236 g/mol. The molecule has 2 rings (SSSR count). The largest absolute Gasteiger partial charge is 0.440 e. The van der Waals surface area contributed by atoms with Crippen LogP contribution in [0.25, 0.3) is 0 Å². The van der Waals surface area contributed by atoms with Crippen molar-refractivity contribution in [3.05, 3.63) is 30.3 Å². The lowest BCUT2D eigenvalue weighted by molar-refractivity contribution is 0.100. The molecule has 0 spiro atoms. The Balaban J connectivity index is 2.29. The van der Waals surface area contributed by atoms with Gasteiger partial charge in [-0.25, -0.2) is 9.97 Å². The molecule has 2 heterocycles. The number of aromatic nitrogens is 2. The number of hydrogen-bond donors (Lipinski definition) is 2. The van der Waals surface area contributed by atoms with E-state index in [-0.39, 0.29) is 11.3 Å². The first-order chi connectivity index (χ1) is 7.66. The molecule has 0 atom stereocenters. The smallest absolute Gasteiger partial charge is 0.261 e. The maximum Gasteiger partial charge on any atom is 0.261 e. The van der Waals surface area contributed by atoms with Crippen molar-refractivity contribution in [2.75, 3.05) is 5.73 Å². The normalized spacial score (nSPS) is 10.2. The van der Waals surface area contributed by atoms with Crippen LogP contribution in [0.3, 0.4) is 0 Å². The molecule has 7 heteroatoms. The fourth-order valence-corrected chi connectivity index (χ4v) is 1.74. The van der Waals surface area contributed by atoms with E-state index in [0.29, 0.717) is 10.2 Å².